The molecule has 3 nitrogen and oxygen atoms in total. The molecule has 3 rings (SSSR count). The van der Waals surface area contributed by atoms with Crippen LogP contribution in [0.25, 0.3) is 0 Å². The Labute approximate surface area is 138 Å². The predicted octanol–water partition coefficient (Wildman–Crippen LogP) is 3.72. The van der Waals surface area contributed by atoms with Gasteiger partial charge in [-0.05, 0) is 52.8 Å². The Morgan fingerprint density at radius 1 is 1.14 bits per heavy atom. The van der Waals surface area contributed by atoms with Crippen LogP contribution in [0.5, 0.6) is 5.75 Å². The van der Waals surface area contributed by atoms with Crippen molar-refractivity contribution in [2.45, 2.75) is 13.0 Å². The zero-order valence-electron chi connectivity index (χ0n) is 11.6. The van der Waals surface area contributed by atoms with Crippen LogP contribution in [0.2, 0.25) is 0 Å². The molecule has 0 unspecified atom stereocenters. The Bertz CT molecular complexity index is 638. The van der Waals surface area contributed by atoms with Gasteiger partial charge >= 0.3 is 0 Å². The molecule has 0 aliphatic carbocycles. The lowest BCUT2D eigenvalue weighted by Crippen LogP contribution is -2.42. The standard InChI is InChI=1S/C17H16INO2/c18-15-11-14(17(20)19-9-4-10-19)7-8-16(15)21-12-13-5-2-1-3-6-13/h1-3,5-8,11H,4,9-10,12H2. The lowest BCUT2D eigenvalue weighted by atomic mass is 10.1. The van der Waals surface area contributed by atoms with Gasteiger partial charge < -0.3 is 9.64 Å². The van der Waals surface area contributed by atoms with Crippen molar-refractivity contribution in [3.8, 4) is 5.75 Å². The number of likely N-dealkylation sites (tertiary alicyclic amines) is 1. The summed E-state index contributed by atoms with van der Waals surface area (Å²) in [5.74, 6) is 0.938. The Morgan fingerprint density at radius 3 is 2.52 bits per heavy atom. The van der Waals surface area contributed by atoms with E-state index >= 15 is 0 Å². The molecule has 1 heterocycles. The minimum absolute atomic E-state index is 0.119. The van der Waals surface area contributed by atoms with Crippen molar-refractivity contribution in [1.82, 2.24) is 4.90 Å². The van der Waals surface area contributed by atoms with Gasteiger partial charge in [0.25, 0.3) is 5.91 Å². The molecule has 1 aliphatic rings. The van der Waals surface area contributed by atoms with Crippen LogP contribution in [-0.2, 0) is 6.61 Å². The molecule has 4 heteroatoms. The van der Waals surface area contributed by atoms with Gasteiger partial charge in [0.15, 0.2) is 0 Å². The van der Waals surface area contributed by atoms with E-state index in [2.05, 4.69) is 22.6 Å². The van der Waals surface area contributed by atoms with Crippen LogP contribution < -0.4 is 4.74 Å². The number of nitrogens with zero attached hydrogens (tertiary/aromatic N) is 1. The molecule has 1 aliphatic heterocycles. The van der Waals surface area contributed by atoms with Crippen molar-refractivity contribution >= 4 is 28.5 Å². The third-order valence-corrected chi connectivity index (χ3v) is 4.40. The third-order valence-electron chi connectivity index (χ3n) is 3.56. The molecular weight excluding hydrogens is 377 g/mol. The van der Waals surface area contributed by atoms with Gasteiger partial charge in [0.2, 0.25) is 0 Å². The van der Waals surface area contributed by atoms with Crippen molar-refractivity contribution in [3.05, 3.63) is 63.2 Å². The van der Waals surface area contributed by atoms with E-state index < -0.39 is 0 Å². The molecule has 1 fully saturated rings. The molecule has 1 amide bonds. The number of rotatable bonds is 4. The number of hydrogen-bond donors (Lipinski definition) is 0. The van der Waals surface area contributed by atoms with Gasteiger partial charge in [-0.2, -0.15) is 0 Å². The van der Waals surface area contributed by atoms with Gasteiger partial charge in [0.1, 0.15) is 12.4 Å². The zero-order valence-corrected chi connectivity index (χ0v) is 13.7. The summed E-state index contributed by atoms with van der Waals surface area (Å²) in [6.07, 6.45) is 1.11. The van der Waals surface area contributed by atoms with E-state index in [0.717, 1.165) is 40.0 Å². The minimum Gasteiger partial charge on any atom is -0.488 e. The number of benzene rings is 2. The molecule has 0 aromatic heterocycles. The molecule has 1 saturated heterocycles. The van der Waals surface area contributed by atoms with Crippen LogP contribution in [0.15, 0.2) is 48.5 Å². The summed E-state index contributed by atoms with van der Waals surface area (Å²) < 4.78 is 6.79. The molecule has 0 saturated carbocycles. The van der Waals surface area contributed by atoms with Crippen molar-refractivity contribution < 1.29 is 9.53 Å². The first-order valence-corrected chi connectivity index (χ1v) is 8.07. The van der Waals surface area contributed by atoms with Gasteiger partial charge in [-0.15, -0.1) is 0 Å². The second kappa shape index (κ2) is 6.47. The summed E-state index contributed by atoms with van der Waals surface area (Å²) in [5.41, 5.74) is 1.88. The van der Waals surface area contributed by atoms with Gasteiger partial charge in [-0.1, -0.05) is 30.3 Å². The third kappa shape index (κ3) is 3.37. The second-order valence-corrected chi connectivity index (χ2v) is 6.23. The predicted molar refractivity (Wildman–Crippen MR) is 90.5 cm³/mol. The fourth-order valence-corrected chi connectivity index (χ4v) is 2.86. The lowest BCUT2D eigenvalue weighted by molar-refractivity contribution is 0.0651. The van der Waals surface area contributed by atoms with Crippen molar-refractivity contribution in [2.24, 2.45) is 0 Å². The van der Waals surface area contributed by atoms with E-state index in [0.29, 0.717) is 6.61 Å². The van der Waals surface area contributed by atoms with Gasteiger partial charge in [-0.25, -0.2) is 0 Å². The number of amides is 1. The van der Waals surface area contributed by atoms with E-state index in [1.807, 2.05) is 53.4 Å². The van der Waals surface area contributed by atoms with E-state index in [9.17, 15) is 4.79 Å². The smallest absolute Gasteiger partial charge is 0.253 e. The summed E-state index contributed by atoms with van der Waals surface area (Å²) in [6, 6.07) is 15.7. The maximum atomic E-state index is 12.2. The van der Waals surface area contributed by atoms with Crippen LogP contribution >= 0.6 is 22.6 Å². The van der Waals surface area contributed by atoms with Crippen molar-refractivity contribution in [3.63, 3.8) is 0 Å². The Morgan fingerprint density at radius 2 is 1.90 bits per heavy atom. The minimum atomic E-state index is 0.119. The summed E-state index contributed by atoms with van der Waals surface area (Å²) in [6.45, 7) is 2.29. The summed E-state index contributed by atoms with van der Waals surface area (Å²) >= 11 is 2.22. The lowest BCUT2D eigenvalue weighted by Gasteiger charge is -2.31. The van der Waals surface area contributed by atoms with Gasteiger partial charge in [-0.3, -0.25) is 4.79 Å². The highest BCUT2D eigenvalue weighted by Crippen LogP contribution is 2.24. The fourth-order valence-electron chi connectivity index (χ4n) is 2.19. The van der Waals surface area contributed by atoms with Gasteiger partial charge in [0, 0.05) is 18.7 Å². The van der Waals surface area contributed by atoms with Crippen LogP contribution in [0.1, 0.15) is 22.3 Å². The first-order valence-electron chi connectivity index (χ1n) is 6.99. The number of halogens is 1. The van der Waals surface area contributed by atoms with E-state index in [1.54, 1.807) is 0 Å². The number of carbonyl (C=O) groups excluding carboxylic acids is 1. The quantitative estimate of drug-likeness (QED) is 0.742. The normalized spacial score (nSPS) is 13.7. The highest BCUT2D eigenvalue weighted by Gasteiger charge is 2.22. The molecule has 0 N–H and O–H groups in total. The number of hydrogen-bond acceptors (Lipinski definition) is 2. The molecule has 0 atom stereocenters. The van der Waals surface area contributed by atoms with Crippen LogP contribution in [0, 0.1) is 3.57 Å². The molecule has 0 bridgehead atoms. The molecule has 0 spiro atoms. The first-order chi connectivity index (χ1) is 10.2. The highest BCUT2D eigenvalue weighted by molar-refractivity contribution is 14.1. The maximum Gasteiger partial charge on any atom is 0.253 e. The summed E-state index contributed by atoms with van der Waals surface area (Å²) in [4.78, 5) is 14.0. The zero-order chi connectivity index (χ0) is 14.7. The van der Waals surface area contributed by atoms with Crippen LogP contribution in [0.3, 0.4) is 0 Å². The van der Waals surface area contributed by atoms with E-state index in [4.69, 9.17) is 4.74 Å². The molecule has 2 aromatic carbocycles. The topological polar surface area (TPSA) is 29.5 Å². The highest BCUT2D eigenvalue weighted by atomic mass is 127. The Hall–Kier alpha value is -1.56. The Balaban J connectivity index is 1.68. The second-order valence-electron chi connectivity index (χ2n) is 5.07. The fraction of sp³-hybridized carbons (Fsp3) is 0.235. The van der Waals surface area contributed by atoms with Crippen LogP contribution in [-0.4, -0.2) is 23.9 Å². The molecule has 0 radical (unpaired) electrons. The molecule has 2 aromatic rings. The monoisotopic (exact) mass is 393 g/mol. The average molecular weight is 393 g/mol. The number of ether oxygens (including phenoxy) is 1. The first kappa shape index (κ1) is 14.4. The SMILES string of the molecule is O=C(c1ccc(OCc2ccccc2)c(I)c1)N1CCC1. The average Bonchev–Trinajstić information content (AvgIpc) is 2.45. The van der Waals surface area contributed by atoms with Gasteiger partial charge in [0.05, 0.1) is 3.57 Å². The molecule has 108 valence electrons. The largest absolute Gasteiger partial charge is 0.488 e. The Kier molecular flexibility index (Phi) is 4.43. The molecule has 21 heavy (non-hydrogen) atoms. The van der Waals surface area contributed by atoms with E-state index in [-0.39, 0.29) is 5.91 Å². The van der Waals surface area contributed by atoms with Crippen molar-refractivity contribution in [2.75, 3.05) is 13.1 Å². The van der Waals surface area contributed by atoms with Crippen LogP contribution in [0.4, 0.5) is 0 Å². The summed E-state index contributed by atoms with van der Waals surface area (Å²) in [5, 5.41) is 0. The van der Waals surface area contributed by atoms with E-state index in [1.165, 1.54) is 0 Å². The van der Waals surface area contributed by atoms with Crippen molar-refractivity contribution in [1.29, 1.82) is 0 Å². The summed E-state index contributed by atoms with van der Waals surface area (Å²) in [7, 11) is 0. The molecular formula is C17H16INO2. The number of carbonyl (C=O) groups is 1. The maximum absolute atomic E-state index is 12.2.